The Bertz CT molecular complexity index is 551. The van der Waals surface area contributed by atoms with Crippen LogP contribution in [0.3, 0.4) is 0 Å². The minimum Gasteiger partial charge on any atom is -0.297 e. The molecule has 0 spiro atoms. The van der Waals surface area contributed by atoms with Crippen molar-refractivity contribution in [3.05, 3.63) is 65.7 Å². The van der Waals surface area contributed by atoms with Crippen LogP contribution in [-0.2, 0) is 13.1 Å². The van der Waals surface area contributed by atoms with E-state index in [0.29, 0.717) is 0 Å². The van der Waals surface area contributed by atoms with Gasteiger partial charge in [0.1, 0.15) is 0 Å². The topological polar surface area (TPSA) is 15.3 Å². The third-order valence-electron chi connectivity index (χ3n) is 3.74. The van der Waals surface area contributed by atoms with E-state index in [1.165, 1.54) is 40.6 Å². The zero-order valence-electron chi connectivity index (χ0n) is 12.7. The number of thioether (sulfide) groups is 1. The smallest absolute Gasteiger partial charge is 0.0313 e. The monoisotopic (exact) mass is 330 g/mol. The molecule has 1 fully saturated rings. The number of hydrogen-bond donors (Lipinski definition) is 1. The van der Waals surface area contributed by atoms with Gasteiger partial charge in [-0.2, -0.15) is 11.8 Å². The van der Waals surface area contributed by atoms with Crippen molar-refractivity contribution in [1.29, 1.82) is 0 Å². The van der Waals surface area contributed by atoms with Crippen LogP contribution >= 0.6 is 23.7 Å². The van der Waals surface area contributed by atoms with Crippen molar-refractivity contribution in [2.45, 2.75) is 18.0 Å². The van der Waals surface area contributed by atoms with E-state index in [-0.39, 0.29) is 0 Å². The van der Waals surface area contributed by atoms with Crippen LogP contribution in [-0.4, -0.2) is 29.5 Å². The van der Waals surface area contributed by atoms with Crippen molar-refractivity contribution in [2.75, 3.05) is 24.6 Å². The third kappa shape index (κ3) is 5.06. The average Bonchev–Trinajstić information content (AvgIpc) is 2.58. The van der Waals surface area contributed by atoms with E-state index in [9.17, 15) is 0 Å². The molecule has 2 aromatic carbocycles. The van der Waals surface area contributed by atoms with Crippen LogP contribution < -0.4 is 4.72 Å². The molecule has 0 aliphatic carbocycles. The lowest BCUT2D eigenvalue weighted by Gasteiger charge is -2.26. The van der Waals surface area contributed by atoms with E-state index in [4.69, 9.17) is 0 Å². The highest BCUT2D eigenvalue weighted by atomic mass is 32.2. The summed E-state index contributed by atoms with van der Waals surface area (Å²) in [7, 11) is 0. The lowest BCUT2D eigenvalue weighted by atomic mass is 10.2. The Morgan fingerprint density at radius 2 is 1.64 bits per heavy atom. The van der Waals surface area contributed by atoms with Crippen LogP contribution in [0.5, 0.6) is 0 Å². The molecule has 3 rings (SSSR count). The van der Waals surface area contributed by atoms with Gasteiger partial charge in [-0.15, -0.1) is 0 Å². The summed E-state index contributed by atoms with van der Waals surface area (Å²) >= 11 is 3.77. The van der Waals surface area contributed by atoms with Gasteiger partial charge in [-0.05, 0) is 35.2 Å². The van der Waals surface area contributed by atoms with E-state index < -0.39 is 0 Å². The van der Waals surface area contributed by atoms with E-state index >= 15 is 0 Å². The fourth-order valence-electron chi connectivity index (χ4n) is 2.48. The molecule has 0 bridgehead atoms. The molecular weight excluding hydrogens is 308 g/mol. The van der Waals surface area contributed by atoms with Gasteiger partial charge in [0, 0.05) is 42.6 Å². The molecule has 4 heteroatoms. The first-order chi connectivity index (χ1) is 10.9. The van der Waals surface area contributed by atoms with E-state index in [0.717, 1.165) is 13.1 Å². The zero-order chi connectivity index (χ0) is 15.0. The maximum atomic E-state index is 3.42. The van der Waals surface area contributed by atoms with Gasteiger partial charge in [0.25, 0.3) is 0 Å². The van der Waals surface area contributed by atoms with E-state index in [1.807, 2.05) is 0 Å². The molecule has 1 aliphatic rings. The van der Waals surface area contributed by atoms with Gasteiger partial charge in [-0.25, -0.2) is 0 Å². The molecule has 0 atom stereocenters. The van der Waals surface area contributed by atoms with Crippen LogP contribution in [0, 0.1) is 0 Å². The highest BCUT2D eigenvalue weighted by molar-refractivity contribution is 7.99. The first kappa shape index (κ1) is 15.9. The quantitative estimate of drug-likeness (QED) is 0.804. The summed E-state index contributed by atoms with van der Waals surface area (Å²) in [6, 6.07) is 19.5. The Kier molecular flexibility index (Phi) is 6.25. The predicted molar refractivity (Wildman–Crippen MR) is 98.2 cm³/mol. The maximum Gasteiger partial charge on any atom is 0.0313 e. The maximum absolute atomic E-state index is 3.42. The molecule has 0 unspecified atom stereocenters. The average molecular weight is 331 g/mol. The van der Waals surface area contributed by atoms with Crippen molar-refractivity contribution in [1.82, 2.24) is 9.62 Å². The highest BCUT2D eigenvalue weighted by Crippen LogP contribution is 2.18. The number of rotatable bonds is 6. The van der Waals surface area contributed by atoms with Crippen LogP contribution in [0.4, 0.5) is 0 Å². The van der Waals surface area contributed by atoms with Gasteiger partial charge in [-0.3, -0.25) is 9.62 Å². The van der Waals surface area contributed by atoms with Crippen molar-refractivity contribution >= 4 is 23.7 Å². The second-order valence-corrected chi connectivity index (χ2v) is 7.63. The van der Waals surface area contributed by atoms with Crippen LogP contribution in [0.2, 0.25) is 0 Å². The number of nitrogens with zero attached hydrogens (tertiary/aromatic N) is 1. The minimum atomic E-state index is 0.888. The molecule has 1 aliphatic heterocycles. The molecule has 0 aromatic heterocycles. The summed E-state index contributed by atoms with van der Waals surface area (Å²) in [5.41, 5.74) is 2.73. The molecule has 2 nitrogen and oxygen atoms in total. The molecule has 1 heterocycles. The molecule has 116 valence electrons. The first-order valence-corrected chi connectivity index (χ1v) is 9.70. The van der Waals surface area contributed by atoms with E-state index in [1.54, 1.807) is 11.9 Å². The predicted octanol–water partition coefficient (Wildman–Crippen LogP) is 4.03. The van der Waals surface area contributed by atoms with Crippen LogP contribution in [0.1, 0.15) is 11.1 Å². The zero-order valence-corrected chi connectivity index (χ0v) is 14.3. The summed E-state index contributed by atoms with van der Waals surface area (Å²) in [6.07, 6.45) is 0. The molecule has 1 N–H and O–H groups in total. The normalized spacial score (nSPS) is 15.8. The summed E-state index contributed by atoms with van der Waals surface area (Å²) in [5, 5.41) is 0. The van der Waals surface area contributed by atoms with E-state index in [2.05, 4.69) is 76.0 Å². The summed E-state index contributed by atoms with van der Waals surface area (Å²) in [5.74, 6) is 2.55. The summed E-state index contributed by atoms with van der Waals surface area (Å²) in [4.78, 5) is 3.82. The van der Waals surface area contributed by atoms with Gasteiger partial charge < -0.3 is 0 Å². The molecule has 1 saturated heterocycles. The van der Waals surface area contributed by atoms with Crippen LogP contribution in [0.25, 0.3) is 0 Å². The number of nitrogens with one attached hydrogen (secondary N) is 1. The summed E-state index contributed by atoms with van der Waals surface area (Å²) < 4.78 is 3.42. The van der Waals surface area contributed by atoms with Crippen molar-refractivity contribution < 1.29 is 0 Å². The Morgan fingerprint density at radius 3 is 2.36 bits per heavy atom. The third-order valence-corrected chi connectivity index (χ3v) is 5.48. The fourth-order valence-corrected chi connectivity index (χ4v) is 4.14. The Morgan fingerprint density at radius 1 is 0.909 bits per heavy atom. The van der Waals surface area contributed by atoms with Gasteiger partial charge in [0.2, 0.25) is 0 Å². The molecule has 22 heavy (non-hydrogen) atoms. The van der Waals surface area contributed by atoms with Crippen molar-refractivity contribution in [3.8, 4) is 0 Å². The Labute approximate surface area is 141 Å². The number of benzene rings is 2. The lowest BCUT2D eigenvalue weighted by Crippen LogP contribution is -2.31. The second kappa shape index (κ2) is 8.63. The second-order valence-electron chi connectivity index (χ2n) is 5.44. The van der Waals surface area contributed by atoms with Crippen LogP contribution in [0.15, 0.2) is 59.5 Å². The molecular formula is C18H22N2S2. The van der Waals surface area contributed by atoms with Crippen molar-refractivity contribution in [3.63, 3.8) is 0 Å². The van der Waals surface area contributed by atoms with Gasteiger partial charge in [0.05, 0.1) is 0 Å². The fraction of sp³-hybridized carbons (Fsp3) is 0.333. The number of hydrogen-bond acceptors (Lipinski definition) is 4. The van der Waals surface area contributed by atoms with Gasteiger partial charge >= 0.3 is 0 Å². The van der Waals surface area contributed by atoms with Gasteiger partial charge in [-0.1, -0.05) is 42.5 Å². The molecule has 2 aromatic rings. The molecule has 0 saturated carbocycles. The largest absolute Gasteiger partial charge is 0.297 e. The Balaban J connectivity index is 1.44. The lowest BCUT2D eigenvalue weighted by molar-refractivity contribution is 0.294. The summed E-state index contributed by atoms with van der Waals surface area (Å²) in [6.45, 7) is 4.42. The first-order valence-electron chi connectivity index (χ1n) is 7.73. The minimum absolute atomic E-state index is 0.888. The standard InChI is InChI=1S/C18H22N2S2/c1-2-4-16(5-3-1)14-19-22-18-8-6-17(7-9-18)15-20-10-12-21-13-11-20/h1-9,19H,10-15H2. The van der Waals surface area contributed by atoms with Crippen molar-refractivity contribution in [2.24, 2.45) is 0 Å². The highest BCUT2D eigenvalue weighted by Gasteiger charge is 2.10. The SMILES string of the molecule is c1ccc(CNSc2ccc(CN3CCSCC3)cc2)cc1. The molecule has 0 amide bonds. The molecule has 0 radical (unpaired) electrons. The Hall–Kier alpha value is -0.940. The van der Waals surface area contributed by atoms with Gasteiger partial charge in [0.15, 0.2) is 0 Å².